The van der Waals surface area contributed by atoms with E-state index in [0.29, 0.717) is 16.8 Å². The van der Waals surface area contributed by atoms with Crippen LogP contribution in [-0.4, -0.2) is 18.5 Å². The first-order chi connectivity index (χ1) is 15.0. The van der Waals surface area contributed by atoms with Gasteiger partial charge in [-0.2, -0.15) is 5.26 Å². The van der Waals surface area contributed by atoms with Crippen LogP contribution in [0.2, 0.25) is 0 Å². The number of carbonyl (C=O) groups is 2. The second-order valence-electron chi connectivity index (χ2n) is 6.98. The number of nitrogens with one attached hydrogen (secondary N) is 1. The van der Waals surface area contributed by atoms with E-state index in [4.69, 9.17) is 14.7 Å². The highest BCUT2D eigenvalue weighted by Crippen LogP contribution is 2.23. The van der Waals surface area contributed by atoms with Gasteiger partial charge < -0.3 is 14.8 Å². The molecule has 0 fully saturated rings. The van der Waals surface area contributed by atoms with Crippen LogP contribution in [0.4, 0.5) is 5.69 Å². The Morgan fingerprint density at radius 1 is 1.00 bits per heavy atom. The summed E-state index contributed by atoms with van der Waals surface area (Å²) in [6.45, 7) is 3.39. The molecule has 31 heavy (non-hydrogen) atoms. The van der Waals surface area contributed by atoms with Crippen molar-refractivity contribution in [2.75, 3.05) is 11.9 Å². The van der Waals surface area contributed by atoms with Gasteiger partial charge >= 0.3 is 5.97 Å². The molecule has 0 aliphatic rings. The molecule has 1 N–H and O–H groups in total. The van der Waals surface area contributed by atoms with Crippen molar-refractivity contribution >= 4 is 17.6 Å². The fraction of sp³-hybridized carbons (Fsp3) is 0.160. The Labute approximate surface area is 181 Å². The highest BCUT2D eigenvalue weighted by Gasteiger charge is 2.26. The molecule has 3 rings (SSSR count). The topological polar surface area (TPSA) is 88.4 Å². The molecule has 0 saturated heterocycles. The van der Waals surface area contributed by atoms with Crippen LogP contribution in [0.15, 0.2) is 72.8 Å². The quantitative estimate of drug-likeness (QED) is 0.576. The van der Waals surface area contributed by atoms with Gasteiger partial charge in [-0.1, -0.05) is 54.6 Å². The number of para-hydroxylation sites is 1. The third-order valence-corrected chi connectivity index (χ3v) is 4.59. The third-order valence-electron chi connectivity index (χ3n) is 4.59. The standard InChI is InChI=1S/C25H22N2O4/c1-17-12-13-18(2)21(14-17)27-25(29)24(19-8-4-3-5-9-19)31-23(28)16-30-22-11-7-6-10-20(22)15-26/h3-14,24H,16H2,1-2H3,(H,27,29)/t24-/m1/s1. The van der Waals surface area contributed by atoms with E-state index in [2.05, 4.69) is 5.32 Å². The molecule has 1 atom stereocenters. The predicted octanol–water partition coefficient (Wildman–Crippen LogP) is 4.48. The number of rotatable bonds is 7. The van der Waals surface area contributed by atoms with Gasteiger partial charge in [0.1, 0.15) is 11.8 Å². The molecule has 0 bridgehead atoms. The summed E-state index contributed by atoms with van der Waals surface area (Å²) < 4.78 is 10.9. The van der Waals surface area contributed by atoms with Gasteiger partial charge in [0.25, 0.3) is 5.91 Å². The average Bonchev–Trinajstić information content (AvgIpc) is 2.79. The van der Waals surface area contributed by atoms with Crippen LogP contribution in [0.5, 0.6) is 5.75 Å². The molecule has 0 unspecified atom stereocenters. The number of hydrogen-bond donors (Lipinski definition) is 1. The zero-order chi connectivity index (χ0) is 22.2. The number of esters is 1. The maximum Gasteiger partial charge on any atom is 0.345 e. The van der Waals surface area contributed by atoms with Gasteiger partial charge in [0, 0.05) is 11.3 Å². The number of benzene rings is 3. The molecule has 3 aromatic carbocycles. The van der Waals surface area contributed by atoms with Crippen molar-refractivity contribution in [1.82, 2.24) is 0 Å². The van der Waals surface area contributed by atoms with Crippen molar-refractivity contribution < 1.29 is 19.1 Å². The Morgan fingerprint density at radius 3 is 2.45 bits per heavy atom. The van der Waals surface area contributed by atoms with E-state index in [1.54, 1.807) is 48.5 Å². The molecule has 0 aliphatic heterocycles. The van der Waals surface area contributed by atoms with Gasteiger partial charge in [-0.3, -0.25) is 4.79 Å². The van der Waals surface area contributed by atoms with E-state index in [9.17, 15) is 9.59 Å². The van der Waals surface area contributed by atoms with Gasteiger partial charge in [-0.05, 0) is 43.2 Å². The lowest BCUT2D eigenvalue weighted by molar-refractivity contribution is -0.156. The first-order valence-electron chi connectivity index (χ1n) is 9.72. The molecule has 6 heteroatoms. The van der Waals surface area contributed by atoms with Gasteiger partial charge in [0.15, 0.2) is 6.61 Å². The molecule has 6 nitrogen and oxygen atoms in total. The summed E-state index contributed by atoms with van der Waals surface area (Å²) in [6.07, 6.45) is -1.15. The number of anilines is 1. The van der Waals surface area contributed by atoms with E-state index >= 15 is 0 Å². The molecule has 0 spiro atoms. The van der Waals surface area contributed by atoms with Crippen molar-refractivity contribution in [1.29, 1.82) is 5.26 Å². The molecule has 3 aromatic rings. The monoisotopic (exact) mass is 414 g/mol. The lowest BCUT2D eigenvalue weighted by Crippen LogP contribution is -2.28. The van der Waals surface area contributed by atoms with Crippen LogP contribution in [0.1, 0.15) is 28.4 Å². The van der Waals surface area contributed by atoms with Crippen LogP contribution < -0.4 is 10.1 Å². The minimum absolute atomic E-state index is 0.276. The highest BCUT2D eigenvalue weighted by molar-refractivity contribution is 5.96. The third kappa shape index (κ3) is 5.71. The summed E-state index contributed by atoms with van der Waals surface area (Å²) in [5.41, 5.74) is 3.40. The van der Waals surface area contributed by atoms with Gasteiger partial charge in [0.2, 0.25) is 6.10 Å². The molecule has 0 saturated carbocycles. The number of nitriles is 1. The maximum atomic E-state index is 13.0. The maximum absolute atomic E-state index is 13.0. The van der Waals surface area contributed by atoms with E-state index in [1.807, 2.05) is 44.2 Å². The van der Waals surface area contributed by atoms with Crippen molar-refractivity contribution in [3.05, 3.63) is 95.1 Å². The number of ether oxygens (including phenoxy) is 2. The first kappa shape index (κ1) is 21.6. The van der Waals surface area contributed by atoms with Crippen molar-refractivity contribution in [3.63, 3.8) is 0 Å². The largest absolute Gasteiger partial charge is 0.481 e. The summed E-state index contributed by atoms with van der Waals surface area (Å²) >= 11 is 0. The van der Waals surface area contributed by atoms with Crippen LogP contribution in [0.3, 0.4) is 0 Å². The van der Waals surface area contributed by atoms with Crippen molar-refractivity contribution in [3.8, 4) is 11.8 Å². The van der Waals surface area contributed by atoms with E-state index < -0.39 is 24.6 Å². The van der Waals surface area contributed by atoms with Crippen LogP contribution in [0, 0.1) is 25.2 Å². The van der Waals surface area contributed by atoms with Crippen LogP contribution in [0.25, 0.3) is 0 Å². The molecule has 0 aliphatic carbocycles. The SMILES string of the molecule is Cc1ccc(C)c(NC(=O)[C@H](OC(=O)COc2ccccc2C#N)c2ccccc2)c1. The molecule has 1 amide bonds. The van der Waals surface area contributed by atoms with Crippen molar-refractivity contribution in [2.24, 2.45) is 0 Å². The van der Waals surface area contributed by atoms with Crippen molar-refractivity contribution in [2.45, 2.75) is 20.0 Å². The average molecular weight is 414 g/mol. The summed E-state index contributed by atoms with van der Waals surface area (Å²) in [7, 11) is 0. The van der Waals surface area contributed by atoms with Crippen LogP contribution >= 0.6 is 0 Å². The minimum atomic E-state index is -1.15. The van der Waals surface area contributed by atoms with Gasteiger partial charge in [-0.25, -0.2) is 4.79 Å². The second kappa shape index (κ2) is 10.1. The zero-order valence-corrected chi connectivity index (χ0v) is 17.3. The summed E-state index contributed by atoms with van der Waals surface area (Å²) in [5.74, 6) is -0.915. The summed E-state index contributed by atoms with van der Waals surface area (Å²) in [6, 6.07) is 23.1. The summed E-state index contributed by atoms with van der Waals surface area (Å²) in [4.78, 5) is 25.5. The Morgan fingerprint density at radius 2 is 1.71 bits per heavy atom. The normalized spacial score (nSPS) is 11.1. The predicted molar refractivity (Wildman–Crippen MR) is 116 cm³/mol. The second-order valence-corrected chi connectivity index (χ2v) is 6.98. The van der Waals surface area contributed by atoms with E-state index in [1.165, 1.54) is 0 Å². The number of aryl methyl sites for hydroxylation is 2. The number of nitrogens with zero attached hydrogens (tertiary/aromatic N) is 1. The smallest absolute Gasteiger partial charge is 0.345 e. The number of amides is 1. The van der Waals surface area contributed by atoms with Crippen LogP contribution in [-0.2, 0) is 14.3 Å². The van der Waals surface area contributed by atoms with Gasteiger partial charge in [0.05, 0.1) is 5.56 Å². The zero-order valence-electron chi connectivity index (χ0n) is 17.3. The number of carbonyl (C=O) groups excluding carboxylic acids is 2. The summed E-state index contributed by atoms with van der Waals surface area (Å²) in [5, 5.41) is 12.0. The Bertz CT molecular complexity index is 1120. The van der Waals surface area contributed by atoms with E-state index in [0.717, 1.165) is 11.1 Å². The Kier molecular flexibility index (Phi) is 7.02. The lowest BCUT2D eigenvalue weighted by Gasteiger charge is -2.19. The van der Waals surface area contributed by atoms with E-state index in [-0.39, 0.29) is 5.75 Å². The lowest BCUT2D eigenvalue weighted by atomic mass is 10.1. The molecule has 156 valence electrons. The molecular formula is C25H22N2O4. The molecule has 0 aromatic heterocycles. The highest BCUT2D eigenvalue weighted by atomic mass is 16.6. The first-order valence-corrected chi connectivity index (χ1v) is 9.72. The molecule has 0 heterocycles. The Balaban J connectivity index is 1.75. The Hall–Kier alpha value is -4.11. The fourth-order valence-corrected chi connectivity index (χ4v) is 2.96. The van der Waals surface area contributed by atoms with Gasteiger partial charge in [-0.15, -0.1) is 0 Å². The molecule has 0 radical (unpaired) electrons. The minimum Gasteiger partial charge on any atom is -0.481 e. The number of hydrogen-bond acceptors (Lipinski definition) is 5. The fourth-order valence-electron chi connectivity index (χ4n) is 2.96. The molecular weight excluding hydrogens is 392 g/mol.